The smallest absolute Gasteiger partial charge is 0.303 e. The monoisotopic (exact) mass is 282 g/mol. The highest BCUT2D eigenvalue weighted by Gasteiger charge is 2.10. The van der Waals surface area contributed by atoms with Gasteiger partial charge in [0.2, 0.25) is 5.91 Å². The van der Waals surface area contributed by atoms with Crippen LogP contribution in [0.1, 0.15) is 36.0 Å². The number of hydrogen-bond donors (Lipinski definition) is 3. The topological polar surface area (TPSA) is 109 Å². The van der Waals surface area contributed by atoms with Crippen LogP contribution in [0.5, 0.6) is 0 Å². The Morgan fingerprint density at radius 3 is 2.45 bits per heavy atom. The van der Waals surface area contributed by atoms with Crippen LogP contribution in [0.3, 0.4) is 0 Å². The van der Waals surface area contributed by atoms with Gasteiger partial charge in [-0.2, -0.15) is 0 Å². The predicted molar refractivity (Wildman–Crippen MR) is 69.7 cm³/mol. The van der Waals surface area contributed by atoms with Crippen molar-refractivity contribution < 1.29 is 23.9 Å². The van der Waals surface area contributed by atoms with Gasteiger partial charge in [0.25, 0.3) is 5.91 Å². The summed E-state index contributed by atoms with van der Waals surface area (Å²) in [6, 6.07) is 3.52. The number of carboxylic acid groups (broad SMARTS) is 1. The molecule has 4 N–H and O–H groups in total. The van der Waals surface area contributed by atoms with Gasteiger partial charge in [-0.3, -0.25) is 14.4 Å². The third kappa shape index (κ3) is 5.05. The molecule has 6 nitrogen and oxygen atoms in total. The van der Waals surface area contributed by atoms with Crippen LogP contribution < -0.4 is 11.1 Å². The van der Waals surface area contributed by atoms with E-state index in [0.717, 1.165) is 12.1 Å². The first-order chi connectivity index (χ1) is 9.40. The second-order valence-electron chi connectivity index (χ2n) is 4.21. The van der Waals surface area contributed by atoms with E-state index in [9.17, 15) is 18.8 Å². The lowest BCUT2D eigenvalue weighted by molar-refractivity contribution is -0.137. The molecule has 7 heteroatoms. The Balaban J connectivity index is 2.52. The van der Waals surface area contributed by atoms with Gasteiger partial charge in [0.1, 0.15) is 5.82 Å². The molecule has 0 aliphatic carbocycles. The van der Waals surface area contributed by atoms with Crippen molar-refractivity contribution in [3.63, 3.8) is 0 Å². The Morgan fingerprint density at radius 2 is 1.85 bits per heavy atom. The molecule has 0 fully saturated rings. The van der Waals surface area contributed by atoms with Crippen LogP contribution in [0.25, 0.3) is 0 Å². The molecule has 1 aromatic carbocycles. The molecule has 20 heavy (non-hydrogen) atoms. The second kappa shape index (κ2) is 7.22. The van der Waals surface area contributed by atoms with Gasteiger partial charge < -0.3 is 16.2 Å². The molecule has 0 unspecified atom stereocenters. The Labute approximate surface area is 114 Å². The zero-order chi connectivity index (χ0) is 15.1. The molecule has 0 bridgehead atoms. The first-order valence-corrected chi connectivity index (χ1v) is 6.01. The van der Waals surface area contributed by atoms with Gasteiger partial charge in [-0.15, -0.1) is 0 Å². The van der Waals surface area contributed by atoms with E-state index in [2.05, 4.69) is 5.32 Å². The van der Waals surface area contributed by atoms with Crippen LogP contribution >= 0.6 is 0 Å². The average molecular weight is 282 g/mol. The summed E-state index contributed by atoms with van der Waals surface area (Å²) in [4.78, 5) is 32.8. The first-order valence-electron chi connectivity index (χ1n) is 6.01. The fourth-order valence-corrected chi connectivity index (χ4v) is 1.58. The van der Waals surface area contributed by atoms with E-state index in [4.69, 9.17) is 10.8 Å². The highest BCUT2D eigenvalue weighted by Crippen LogP contribution is 2.15. The van der Waals surface area contributed by atoms with Gasteiger partial charge in [-0.25, -0.2) is 4.39 Å². The van der Waals surface area contributed by atoms with Crippen molar-refractivity contribution in [3.05, 3.63) is 29.6 Å². The molecular formula is C13H15FN2O4. The molecular weight excluding hydrogens is 267 g/mol. The highest BCUT2D eigenvalue weighted by molar-refractivity contribution is 5.96. The van der Waals surface area contributed by atoms with Crippen LogP contribution in [0.15, 0.2) is 18.2 Å². The number of hydrogen-bond acceptors (Lipinski definition) is 3. The molecule has 1 rings (SSSR count). The largest absolute Gasteiger partial charge is 0.481 e. The fraction of sp³-hybridized carbons (Fsp3) is 0.308. The number of unbranched alkanes of at least 4 members (excludes halogenated alkanes) is 1. The standard InChI is InChI=1S/C13H15FN2O4/c14-10-6-5-8(7-9(10)13(15)20)16-11(17)3-1-2-4-12(18)19/h5-7H,1-4H2,(H2,15,20)(H,16,17)(H,18,19). The lowest BCUT2D eigenvalue weighted by atomic mass is 10.1. The van der Waals surface area contributed by atoms with Gasteiger partial charge in [-0.1, -0.05) is 0 Å². The lowest BCUT2D eigenvalue weighted by Crippen LogP contribution is -2.15. The number of primary amides is 1. The summed E-state index contributed by atoms with van der Waals surface area (Å²) in [6.45, 7) is 0. The maximum atomic E-state index is 13.2. The SMILES string of the molecule is NC(=O)c1cc(NC(=O)CCCCC(=O)O)ccc1F. The molecule has 0 radical (unpaired) electrons. The number of amides is 2. The normalized spacial score (nSPS) is 10.1. The molecule has 0 aromatic heterocycles. The third-order valence-electron chi connectivity index (χ3n) is 2.56. The number of benzene rings is 1. The number of carboxylic acids is 1. The first kappa shape index (κ1) is 15.6. The van der Waals surface area contributed by atoms with Crippen LogP contribution in [-0.4, -0.2) is 22.9 Å². The molecule has 108 valence electrons. The van der Waals surface area contributed by atoms with Crippen molar-refractivity contribution >= 4 is 23.5 Å². The average Bonchev–Trinajstić information content (AvgIpc) is 2.36. The van der Waals surface area contributed by atoms with E-state index in [-0.39, 0.29) is 30.0 Å². The lowest BCUT2D eigenvalue weighted by Gasteiger charge is -2.06. The minimum Gasteiger partial charge on any atom is -0.481 e. The minimum absolute atomic E-state index is 0.00958. The van der Waals surface area contributed by atoms with Gasteiger partial charge in [0.15, 0.2) is 0 Å². The molecule has 2 amide bonds. The zero-order valence-corrected chi connectivity index (χ0v) is 10.7. The summed E-state index contributed by atoms with van der Waals surface area (Å²) in [6.07, 6.45) is 0.993. The molecule has 0 aliphatic rings. The Bertz CT molecular complexity index is 531. The summed E-state index contributed by atoms with van der Waals surface area (Å²) in [5.74, 6) is -2.91. The molecule has 0 aliphatic heterocycles. The summed E-state index contributed by atoms with van der Waals surface area (Å²) in [7, 11) is 0. The summed E-state index contributed by atoms with van der Waals surface area (Å²) in [5.41, 5.74) is 4.96. The van der Waals surface area contributed by atoms with Crippen molar-refractivity contribution in [3.8, 4) is 0 Å². The Kier molecular flexibility index (Phi) is 5.64. The summed E-state index contributed by atoms with van der Waals surface area (Å²) in [5, 5.41) is 10.9. The van der Waals surface area contributed by atoms with Crippen LogP contribution in [0, 0.1) is 5.82 Å². The van der Waals surface area contributed by atoms with E-state index < -0.39 is 17.7 Å². The number of halogens is 1. The Morgan fingerprint density at radius 1 is 1.20 bits per heavy atom. The maximum absolute atomic E-state index is 13.2. The van der Waals surface area contributed by atoms with Crippen molar-refractivity contribution in [2.24, 2.45) is 5.73 Å². The van der Waals surface area contributed by atoms with Crippen LogP contribution in [-0.2, 0) is 9.59 Å². The van der Waals surface area contributed by atoms with E-state index >= 15 is 0 Å². The molecule has 0 heterocycles. The zero-order valence-electron chi connectivity index (χ0n) is 10.7. The predicted octanol–water partition coefficient (Wildman–Crippen LogP) is 1.51. The van der Waals surface area contributed by atoms with Crippen molar-refractivity contribution in [1.29, 1.82) is 0 Å². The van der Waals surface area contributed by atoms with Crippen molar-refractivity contribution in [2.75, 3.05) is 5.32 Å². The Hall–Kier alpha value is -2.44. The third-order valence-corrected chi connectivity index (χ3v) is 2.56. The molecule has 0 atom stereocenters. The maximum Gasteiger partial charge on any atom is 0.303 e. The second-order valence-corrected chi connectivity index (χ2v) is 4.21. The van der Waals surface area contributed by atoms with Gasteiger partial charge in [0, 0.05) is 18.5 Å². The number of anilines is 1. The minimum atomic E-state index is -0.917. The van der Waals surface area contributed by atoms with E-state index in [1.54, 1.807) is 0 Å². The number of carbonyl (C=O) groups is 3. The molecule has 0 spiro atoms. The van der Waals surface area contributed by atoms with Gasteiger partial charge >= 0.3 is 5.97 Å². The van der Waals surface area contributed by atoms with Crippen LogP contribution in [0.2, 0.25) is 0 Å². The number of carbonyl (C=O) groups excluding carboxylic acids is 2. The number of nitrogens with one attached hydrogen (secondary N) is 1. The number of rotatable bonds is 7. The summed E-state index contributed by atoms with van der Waals surface area (Å²) >= 11 is 0. The van der Waals surface area contributed by atoms with Crippen molar-refractivity contribution in [1.82, 2.24) is 0 Å². The number of aliphatic carboxylic acids is 1. The quantitative estimate of drug-likeness (QED) is 0.658. The fourth-order valence-electron chi connectivity index (χ4n) is 1.58. The van der Waals surface area contributed by atoms with Gasteiger partial charge in [-0.05, 0) is 31.0 Å². The van der Waals surface area contributed by atoms with Crippen LogP contribution in [0.4, 0.5) is 10.1 Å². The molecule has 0 saturated heterocycles. The highest BCUT2D eigenvalue weighted by atomic mass is 19.1. The van der Waals surface area contributed by atoms with E-state index in [0.29, 0.717) is 12.8 Å². The van der Waals surface area contributed by atoms with E-state index in [1.807, 2.05) is 0 Å². The molecule has 0 saturated carbocycles. The van der Waals surface area contributed by atoms with Gasteiger partial charge in [0.05, 0.1) is 5.56 Å². The van der Waals surface area contributed by atoms with Crippen molar-refractivity contribution in [2.45, 2.75) is 25.7 Å². The van der Waals surface area contributed by atoms with E-state index in [1.165, 1.54) is 6.07 Å². The number of nitrogens with two attached hydrogens (primary N) is 1. The summed E-state index contributed by atoms with van der Waals surface area (Å²) < 4.78 is 13.2. The molecule has 1 aromatic rings.